The lowest BCUT2D eigenvalue weighted by atomic mass is 10.1. The average Bonchev–Trinajstić information content (AvgIpc) is 3.13. The van der Waals surface area contributed by atoms with Crippen molar-refractivity contribution in [2.75, 3.05) is 32.9 Å². The highest BCUT2D eigenvalue weighted by molar-refractivity contribution is 5.97. The standard InChI is InChI=1S/C17H21NO6/c19-16(18-7-9-23-15(10-18)17(20)21)13-5-1-2-6-14(13)24-11-12-4-3-8-22-12/h1-2,5-6,12,15H,3-4,7-11H2,(H,20,21). The highest BCUT2D eigenvalue weighted by atomic mass is 16.5. The zero-order chi connectivity index (χ0) is 16.9. The molecule has 0 aliphatic carbocycles. The van der Waals surface area contributed by atoms with Gasteiger partial charge in [0, 0.05) is 13.2 Å². The molecule has 7 heteroatoms. The van der Waals surface area contributed by atoms with Crippen molar-refractivity contribution in [3.63, 3.8) is 0 Å². The van der Waals surface area contributed by atoms with Crippen LogP contribution in [0.4, 0.5) is 0 Å². The third-order valence-electron chi connectivity index (χ3n) is 4.20. The molecule has 7 nitrogen and oxygen atoms in total. The van der Waals surface area contributed by atoms with Crippen LogP contribution >= 0.6 is 0 Å². The van der Waals surface area contributed by atoms with E-state index in [0.29, 0.717) is 24.5 Å². The molecule has 0 aromatic heterocycles. The number of nitrogens with zero attached hydrogens (tertiary/aromatic N) is 1. The number of amides is 1. The van der Waals surface area contributed by atoms with Crippen LogP contribution in [0.1, 0.15) is 23.2 Å². The molecule has 2 fully saturated rings. The fourth-order valence-electron chi connectivity index (χ4n) is 2.88. The van der Waals surface area contributed by atoms with E-state index >= 15 is 0 Å². The van der Waals surface area contributed by atoms with Gasteiger partial charge in [-0.25, -0.2) is 4.79 Å². The van der Waals surface area contributed by atoms with Gasteiger partial charge >= 0.3 is 5.97 Å². The van der Waals surface area contributed by atoms with Gasteiger partial charge in [0.05, 0.1) is 24.8 Å². The fourth-order valence-corrected chi connectivity index (χ4v) is 2.88. The largest absolute Gasteiger partial charge is 0.490 e. The number of aliphatic carboxylic acids is 1. The van der Waals surface area contributed by atoms with E-state index in [9.17, 15) is 9.59 Å². The number of carboxylic acids is 1. The normalized spacial score (nSPS) is 23.9. The minimum absolute atomic E-state index is 0.0359. The van der Waals surface area contributed by atoms with Crippen LogP contribution in [0.25, 0.3) is 0 Å². The number of para-hydroxylation sites is 1. The third-order valence-corrected chi connectivity index (χ3v) is 4.20. The minimum atomic E-state index is -1.06. The Morgan fingerprint density at radius 3 is 2.83 bits per heavy atom. The van der Waals surface area contributed by atoms with Crippen LogP contribution in [0.5, 0.6) is 5.75 Å². The molecule has 0 saturated carbocycles. The Hall–Kier alpha value is -2.12. The molecule has 2 saturated heterocycles. The van der Waals surface area contributed by atoms with Gasteiger partial charge in [0.25, 0.3) is 5.91 Å². The quantitative estimate of drug-likeness (QED) is 0.869. The van der Waals surface area contributed by atoms with E-state index in [1.54, 1.807) is 24.3 Å². The summed E-state index contributed by atoms with van der Waals surface area (Å²) in [5, 5.41) is 9.07. The molecule has 130 valence electrons. The fraction of sp³-hybridized carbons (Fsp3) is 0.529. The van der Waals surface area contributed by atoms with Gasteiger partial charge in [-0.1, -0.05) is 12.1 Å². The molecule has 2 unspecified atom stereocenters. The molecule has 1 aromatic carbocycles. The van der Waals surface area contributed by atoms with Crippen LogP contribution in [0.15, 0.2) is 24.3 Å². The van der Waals surface area contributed by atoms with E-state index in [0.717, 1.165) is 19.4 Å². The molecule has 2 heterocycles. The summed E-state index contributed by atoms with van der Waals surface area (Å²) in [5.41, 5.74) is 0.432. The lowest BCUT2D eigenvalue weighted by molar-refractivity contribution is -0.154. The SMILES string of the molecule is O=C(O)C1CN(C(=O)c2ccccc2OCC2CCCO2)CCO1. The summed E-state index contributed by atoms with van der Waals surface area (Å²) < 4.78 is 16.5. The highest BCUT2D eigenvalue weighted by Gasteiger charge is 2.30. The Bertz CT molecular complexity index is 598. The molecule has 24 heavy (non-hydrogen) atoms. The number of morpholine rings is 1. The van der Waals surface area contributed by atoms with Gasteiger partial charge in [-0.15, -0.1) is 0 Å². The van der Waals surface area contributed by atoms with Crippen LogP contribution in [0.2, 0.25) is 0 Å². The Kier molecular flexibility index (Phi) is 5.32. The van der Waals surface area contributed by atoms with Crippen LogP contribution in [0, 0.1) is 0 Å². The number of benzene rings is 1. The van der Waals surface area contributed by atoms with E-state index < -0.39 is 12.1 Å². The molecular weight excluding hydrogens is 314 g/mol. The first kappa shape index (κ1) is 16.7. The summed E-state index contributed by atoms with van der Waals surface area (Å²) in [6.45, 7) is 1.77. The van der Waals surface area contributed by atoms with Gasteiger partial charge in [-0.3, -0.25) is 4.79 Å². The number of hydrogen-bond donors (Lipinski definition) is 1. The van der Waals surface area contributed by atoms with Gasteiger partial charge in [0.1, 0.15) is 12.4 Å². The summed E-state index contributed by atoms with van der Waals surface area (Å²) in [5.74, 6) is -0.806. The summed E-state index contributed by atoms with van der Waals surface area (Å²) in [7, 11) is 0. The van der Waals surface area contributed by atoms with E-state index in [1.807, 2.05) is 0 Å². The maximum Gasteiger partial charge on any atom is 0.334 e. The summed E-state index contributed by atoms with van der Waals surface area (Å²) in [6, 6.07) is 7.01. The predicted octanol–water partition coefficient (Wildman–Crippen LogP) is 1.17. The number of carbonyl (C=O) groups excluding carboxylic acids is 1. The molecule has 1 amide bonds. The molecule has 2 aliphatic rings. The van der Waals surface area contributed by atoms with Crippen molar-refractivity contribution in [1.29, 1.82) is 0 Å². The Labute approximate surface area is 140 Å². The zero-order valence-corrected chi connectivity index (χ0v) is 13.3. The first-order valence-corrected chi connectivity index (χ1v) is 8.12. The van der Waals surface area contributed by atoms with Crippen molar-refractivity contribution in [3.05, 3.63) is 29.8 Å². The number of ether oxygens (including phenoxy) is 3. The van der Waals surface area contributed by atoms with Crippen LogP contribution in [-0.4, -0.2) is 67.0 Å². The van der Waals surface area contributed by atoms with Gasteiger partial charge in [-0.2, -0.15) is 0 Å². The lowest BCUT2D eigenvalue weighted by Gasteiger charge is -2.31. The maximum absolute atomic E-state index is 12.8. The second-order valence-electron chi connectivity index (χ2n) is 5.89. The molecule has 0 bridgehead atoms. The number of carbonyl (C=O) groups is 2. The molecule has 3 rings (SSSR count). The maximum atomic E-state index is 12.8. The highest BCUT2D eigenvalue weighted by Crippen LogP contribution is 2.23. The predicted molar refractivity (Wildman–Crippen MR) is 84.2 cm³/mol. The molecule has 1 aromatic rings. The van der Waals surface area contributed by atoms with Crippen molar-refractivity contribution in [3.8, 4) is 5.75 Å². The number of rotatable bonds is 5. The number of hydrogen-bond acceptors (Lipinski definition) is 5. The monoisotopic (exact) mass is 335 g/mol. The third kappa shape index (κ3) is 3.85. The minimum Gasteiger partial charge on any atom is -0.490 e. The Morgan fingerprint density at radius 2 is 2.08 bits per heavy atom. The molecule has 2 atom stereocenters. The topological polar surface area (TPSA) is 85.3 Å². The first-order chi connectivity index (χ1) is 11.6. The Morgan fingerprint density at radius 1 is 1.25 bits per heavy atom. The van der Waals surface area contributed by atoms with Gasteiger partial charge in [0.2, 0.25) is 0 Å². The van der Waals surface area contributed by atoms with Crippen LogP contribution in [-0.2, 0) is 14.3 Å². The summed E-state index contributed by atoms with van der Waals surface area (Å²) in [4.78, 5) is 25.3. The van der Waals surface area contributed by atoms with Crippen molar-refractivity contribution >= 4 is 11.9 Å². The molecule has 0 radical (unpaired) electrons. The van der Waals surface area contributed by atoms with Crippen molar-refractivity contribution < 1.29 is 28.9 Å². The summed E-state index contributed by atoms with van der Waals surface area (Å²) in [6.07, 6.45) is 1.06. The van der Waals surface area contributed by atoms with E-state index in [4.69, 9.17) is 19.3 Å². The average molecular weight is 335 g/mol. The second-order valence-corrected chi connectivity index (χ2v) is 5.89. The van der Waals surface area contributed by atoms with Gasteiger partial charge < -0.3 is 24.2 Å². The van der Waals surface area contributed by atoms with E-state index in [-0.39, 0.29) is 25.2 Å². The van der Waals surface area contributed by atoms with E-state index in [1.165, 1.54) is 4.90 Å². The van der Waals surface area contributed by atoms with Crippen molar-refractivity contribution in [2.24, 2.45) is 0 Å². The first-order valence-electron chi connectivity index (χ1n) is 8.12. The van der Waals surface area contributed by atoms with Crippen molar-refractivity contribution in [1.82, 2.24) is 4.90 Å². The smallest absolute Gasteiger partial charge is 0.334 e. The van der Waals surface area contributed by atoms with Gasteiger partial charge in [-0.05, 0) is 25.0 Å². The van der Waals surface area contributed by atoms with Gasteiger partial charge in [0.15, 0.2) is 6.10 Å². The molecule has 1 N–H and O–H groups in total. The second kappa shape index (κ2) is 7.63. The zero-order valence-electron chi connectivity index (χ0n) is 13.3. The molecular formula is C17H21NO6. The number of carboxylic acid groups (broad SMARTS) is 1. The summed E-state index contributed by atoms with van der Waals surface area (Å²) >= 11 is 0. The van der Waals surface area contributed by atoms with Crippen LogP contribution < -0.4 is 4.74 Å². The van der Waals surface area contributed by atoms with Crippen LogP contribution in [0.3, 0.4) is 0 Å². The molecule has 2 aliphatic heterocycles. The Balaban J connectivity index is 1.68. The van der Waals surface area contributed by atoms with E-state index in [2.05, 4.69) is 0 Å². The van der Waals surface area contributed by atoms with Crippen molar-refractivity contribution in [2.45, 2.75) is 25.0 Å². The molecule has 0 spiro atoms. The lowest BCUT2D eigenvalue weighted by Crippen LogP contribution is -2.48.